The Labute approximate surface area is 73.9 Å². The van der Waals surface area contributed by atoms with Crippen LogP contribution in [0.5, 0.6) is 0 Å². The van der Waals surface area contributed by atoms with Crippen molar-refractivity contribution >= 4 is 6.29 Å². The maximum absolute atomic E-state index is 10.4. The van der Waals surface area contributed by atoms with E-state index in [4.69, 9.17) is 6.42 Å². The number of rotatable bonds is 2. The van der Waals surface area contributed by atoms with Gasteiger partial charge >= 0.3 is 0 Å². The van der Waals surface area contributed by atoms with Gasteiger partial charge in [0.25, 0.3) is 0 Å². The Bertz CT molecular complexity index is 266. The second kappa shape index (κ2) is 5.22. The monoisotopic (exact) mass is 160 g/mol. The van der Waals surface area contributed by atoms with Crippen LogP contribution in [0, 0.1) is 29.6 Å². The first-order valence-electron chi connectivity index (χ1n) is 3.68. The summed E-state index contributed by atoms with van der Waals surface area (Å²) in [6.07, 6.45) is 9.56. The number of hydrogen-bond acceptors (Lipinski definition) is 1. The van der Waals surface area contributed by atoms with Gasteiger partial charge in [0, 0.05) is 11.8 Å². The van der Waals surface area contributed by atoms with Gasteiger partial charge in [-0.2, -0.15) is 0 Å². The Balaban J connectivity index is 3.96. The fraction of sp³-hybridized carbons (Fsp3) is 0.364. The zero-order chi connectivity index (χ0) is 9.45. The second-order valence-corrected chi connectivity index (χ2v) is 3.10. The molecule has 0 rings (SSSR count). The zero-order valence-corrected chi connectivity index (χ0v) is 7.42. The standard InChI is InChI=1S/C11H12O/c1-4-5-6-7-8-9-11(2,3)10-12/h1,5-6,10H,9H2,2-3H3/b6-5-. The first-order chi connectivity index (χ1) is 5.62. The Morgan fingerprint density at radius 1 is 1.42 bits per heavy atom. The lowest BCUT2D eigenvalue weighted by Crippen LogP contribution is -2.10. The molecule has 62 valence electrons. The molecular formula is C11H12O. The highest BCUT2D eigenvalue weighted by Gasteiger charge is 2.13. The molecule has 0 aromatic heterocycles. The minimum absolute atomic E-state index is 0.350. The molecule has 1 nitrogen and oxygen atoms in total. The number of carbonyl (C=O) groups is 1. The first-order valence-corrected chi connectivity index (χ1v) is 3.68. The normalized spacial score (nSPS) is 10.1. The van der Waals surface area contributed by atoms with Crippen molar-refractivity contribution in [3.63, 3.8) is 0 Å². The summed E-state index contributed by atoms with van der Waals surface area (Å²) in [6, 6.07) is 0. The molecule has 0 heterocycles. The quantitative estimate of drug-likeness (QED) is 0.444. The average Bonchev–Trinajstić information content (AvgIpc) is 2.04. The molecule has 0 aromatic carbocycles. The Hall–Kier alpha value is -1.47. The van der Waals surface area contributed by atoms with Crippen LogP contribution >= 0.6 is 0 Å². The maximum atomic E-state index is 10.4. The van der Waals surface area contributed by atoms with Crippen molar-refractivity contribution in [3.8, 4) is 24.2 Å². The fourth-order valence-electron chi connectivity index (χ4n) is 0.469. The van der Waals surface area contributed by atoms with E-state index >= 15 is 0 Å². The van der Waals surface area contributed by atoms with Crippen LogP contribution < -0.4 is 0 Å². The largest absolute Gasteiger partial charge is 0.303 e. The van der Waals surface area contributed by atoms with Crippen molar-refractivity contribution in [3.05, 3.63) is 12.2 Å². The molecule has 0 saturated heterocycles. The number of allylic oxidation sites excluding steroid dienone is 2. The van der Waals surface area contributed by atoms with Gasteiger partial charge in [0.15, 0.2) is 0 Å². The van der Waals surface area contributed by atoms with Crippen LogP contribution in [0.3, 0.4) is 0 Å². The SMILES string of the molecule is C#C/C=C\C#CCC(C)(C)C=O. The highest BCUT2D eigenvalue weighted by Crippen LogP contribution is 2.14. The average molecular weight is 160 g/mol. The first kappa shape index (κ1) is 10.5. The van der Waals surface area contributed by atoms with Gasteiger partial charge in [-0.25, -0.2) is 0 Å². The van der Waals surface area contributed by atoms with E-state index in [9.17, 15) is 4.79 Å². The van der Waals surface area contributed by atoms with Crippen LogP contribution in [0.1, 0.15) is 20.3 Å². The summed E-state index contributed by atoms with van der Waals surface area (Å²) in [7, 11) is 0. The number of terminal acetylenes is 1. The molecule has 0 saturated carbocycles. The van der Waals surface area contributed by atoms with E-state index in [-0.39, 0.29) is 5.41 Å². The van der Waals surface area contributed by atoms with Gasteiger partial charge in [-0.1, -0.05) is 31.6 Å². The molecule has 0 bridgehead atoms. The molecular weight excluding hydrogens is 148 g/mol. The van der Waals surface area contributed by atoms with Crippen molar-refractivity contribution < 1.29 is 4.79 Å². The van der Waals surface area contributed by atoms with Gasteiger partial charge < -0.3 is 4.79 Å². The molecule has 0 aliphatic carbocycles. The molecule has 0 fully saturated rings. The summed E-state index contributed by atoms with van der Waals surface area (Å²) < 4.78 is 0. The molecule has 0 aliphatic rings. The van der Waals surface area contributed by atoms with E-state index in [0.29, 0.717) is 6.42 Å². The minimum Gasteiger partial charge on any atom is -0.303 e. The van der Waals surface area contributed by atoms with E-state index in [1.165, 1.54) is 6.08 Å². The summed E-state index contributed by atoms with van der Waals surface area (Å²) in [5.74, 6) is 7.92. The van der Waals surface area contributed by atoms with E-state index < -0.39 is 0 Å². The lowest BCUT2D eigenvalue weighted by Gasteiger charge is -2.10. The molecule has 0 spiro atoms. The third kappa shape index (κ3) is 5.33. The molecule has 0 unspecified atom stereocenters. The van der Waals surface area contributed by atoms with Crippen LogP contribution in [0.4, 0.5) is 0 Å². The Kier molecular flexibility index (Phi) is 4.58. The summed E-state index contributed by atoms with van der Waals surface area (Å²) >= 11 is 0. The van der Waals surface area contributed by atoms with Crippen LogP contribution in [-0.2, 0) is 4.79 Å². The van der Waals surface area contributed by atoms with Crippen LogP contribution in [0.2, 0.25) is 0 Å². The van der Waals surface area contributed by atoms with Crippen molar-refractivity contribution in [1.82, 2.24) is 0 Å². The summed E-state index contributed by atoms with van der Waals surface area (Å²) in [5, 5.41) is 0. The van der Waals surface area contributed by atoms with E-state index in [2.05, 4.69) is 17.8 Å². The molecule has 12 heavy (non-hydrogen) atoms. The third-order valence-electron chi connectivity index (χ3n) is 1.23. The lowest BCUT2D eigenvalue weighted by molar-refractivity contribution is -0.114. The number of hydrogen-bond donors (Lipinski definition) is 0. The van der Waals surface area contributed by atoms with Crippen LogP contribution in [-0.4, -0.2) is 6.29 Å². The van der Waals surface area contributed by atoms with Gasteiger partial charge in [0.05, 0.1) is 0 Å². The van der Waals surface area contributed by atoms with E-state index in [1.54, 1.807) is 6.08 Å². The Morgan fingerprint density at radius 2 is 2.08 bits per heavy atom. The number of carbonyl (C=O) groups excluding carboxylic acids is 1. The van der Waals surface area contributed by atoms with Gasteiger partial charge in [-0.3, -0.25) is 0 Å². The molecule has 0 aromatic rings. The zero-order valence-electron chi connectivity index (χ0n) is 7.42. The highest BCUT2D eigenvalue weighted by atomic mass is 16.1. The summed E-state index contributed by atoms with van der Waals surface area (Å²) in [5.41, 5.74) is -0.350. The topological polar surface area (TPSA) is 17.1 Å². The molecule has 0 amide bonds. The second-order valence-electron chi connectivity index (χ2n) is 3.10. The van der Waals surface area contributed by atoms with E-state index in [0.717, 1.165) is 6.29 Å². The van der Waals surface area contributed by atoms with Gasteiger partial charge in [-0.05, 0) is 12.2 Å². The van der Waals surface area contributed by atoms with Crippen LogP contribution in [0.15, 0.2) is 12.2 Å². The Morgan fingerprint density at radius 3 is 2.58 bits per heavy atom. The molecule has 0 atom stereocenters. The van der Waals surface area contributed by atoms with Gasteiger partial charge in [0.2, 0.25) is 0 Å². The predicted octanol–water partition coefficient (Wildman–Crippen LogP) is 1.79. The van der Waals surface area contributed by atoms with Crippen molar-refractivity contribution in [1.29, 1.82) is 0 Å². The third-order valence-corrected chi connectivity index (χ3v) is 1.23. The van der Waals surface area contributed by atoms with Crippen LogP contribution in [0.25, 0.3) is 0 Å². The highest BCUT2D eigenvalue weighted by molar-refractivity contribution is 5.58. The maximum Gasteiger partial charge on any atom is 0.126 e. The fourth-order valence-corrected chi connectivity index (χ4v) is 0.469. The minimum atomic E-state index is -0.350. The lowest BCUT2D eigenvalue weighted by atomic mass is 9.92. The molecule has 0 N–H and O–H groups in total. The number of aldehydes is 1. The van der Waals surface area contributed by atoms with Crippen molar-refractivity contribution in [2.45, 2.75) is 20.3 Å². The molecule has 1 heteroatoms. The van der Waals surface area contributed by atoms with E-state index in [1.807, 2.05) is 13.8 Å². The predicted molar refractivity (Wildman–Crippen MR) is 50.2 cm³/mol. The van der Waals surface area contributed by atoms with Gasteiger partial charge in [-0.15, -0.1) is 6.42 Å². The van der Waals surface area contributed by atoms with Crippen molar-refractivity contribution in [2.75, 3.05) is 0 Å². The molecule has 0 aliphatic heterocycles. The summed E-state index contributed by atoms with van der Waals surface area (Å²) in [4.78, 5) is 10.4. The molecule has 0 radical (unpaired) electrons. The van der Waals surface area contributed by atoms with Gasteiger partial charge in [0.1, 0.15) is 6.29 Å². The van der Waals surface area contributed by atoms with Crippen molar-refractivity contribution in [2.24, 2.45) is 5.41 Å². The smallest absolute Gasteiger partial charge is 0.126 e. The summed E-state index contributed by atoms with van der Waals surface area (Å²) in [6.45, 7) is 3.69.